The number of fused-ring (bicyclic) bond motifs is 1. The summed E-state index contributed by atoms with van der Waals surface area (Å²) in [6.45, 7) is 7.95. The Hall–Kier alpha value is -2.74. The molecule has 8 nitrogen and oxygen atoms in total. The molecule has 2 aliphatic heterocycles. The van der Waals surface area contributed by atoms with Crippen LogP contribution in [0.2, 0.25) is 0 Å². The maximum atomic E-state index is 12.9. The molecule has 31 heavy (non-hydrogen) atoms. The van der Waals surface area contributed by atoms with Crippen LogP contribution in [0.1, 0.15) is 32.5 Å². The maximum Gasteiger partial charge on any atom is 0.236 e. The van der Waals surface area contributed by atoms with Crippen LogP contribution in [0.15, 0.2) is 30.3 Å². The SMILES string of the molecule is CC(C)N(C)C(=O)C1CCN(C(=O)CN2CCn3c(nnc3-c3ccccc3)C2)CC1. The predicted molar refractivity (Wildman–Crippen MR) is 118 cm³/mol. The summed E-state index contributed by atoms with van der Waals surface area (Å²) >= 11 is 0. The molecule has 0 saturated carbocycles. The molecule has 0 spiro atoms. The first-order chi connectivity index (χ1) is 14.9. The zero-order valence-electron chi connectivity index (χ0n) is 18.7. The van der Waals surface area contributed by atoms with Crippen LogP contribution in [0.3, 0.4) is 0 Å². The van der Waals surface area contributed by atoms with Crippen LogP contribution in [0.4, 0.5) is 0 Å². The fourth-order valence-corrected chi connectivity index (χ4v) is 4.35. The molecule has 2 aliphatic rings. The Morgan fingerprint density at radius 2 is 1.77 bits per heavy atom. The molecule has 4 rings (SSSR count). The third kappa shape index (κ3) is 4.63. The van der Waals surface area contributed by atoms with Gasteiger partial charge < -0.3 is 14.4 Å². The van der Waals surface area contributed by atoms with E-state index in [2.05, 4.69) is 19.7 Å². The molecular weight excluding hydrogens is 392 g/mol. The van der Waals surface area contributed by atoms with Crippen molar-refractivity contribution < 1.29 is 9.59 Å². The smallest absolute Gasteiger partial charge is 0.236 e. The number of carbonyl (C=O) groups is 2. The number of hydrogen-bond acceptors (Lipinski definition) is 5. The molecule has 3 heterocycles. The van der Waals surface area contributed by atoms with Crippen LogP contribution >= 0.6 is 0 Å². The van der Waals surface area contributed by atoms with Crippen molar-refractivity contribution in [3.63, 3.8) is 0 Å². The highest BCUT2D eigenvalue weighted by Crippen LogP contribution is 2.23. The number of amides is 2. The number of rotatable bonds is 5. The summed E-state index contributed by atoms with van der Waals surface area (Å²) in [5, 5.41) is 8.75. The number of nitrogens with zero attached hydrogens (tertiary/aromatic N) is 6. The molecule has 1 fully saturated rings. The first-order valence-corrected chi connectivity index (χ1v) is 11.2. The molecule has 166 valence electrons. The van der Waals surface area contributed by atoms with E-state index in [1.165, 1.54) is 0 Å². The van der Waals surface area contributed by atoms with Crippen LogP contribution in [0, 0.1) is 5.92 Å². The van der Waals surface area contributed by atoms with E-state index in [4.69, 9.17) is 0 Å². The first kappa shape index (κ1) is 21.5. The van der Waals surface area contributed by atoms with Crippen LogP contribution in [0.25, 0.3) is 11.4 Å². The second kappa shape index (κ2) is 9.18. The molecular formula is C23H32N6O2. The number of hydrogen-bond donors (Lipinski definition) is 0. The summed E-state index contributed by atoms with van der Waals surface area (Å²) in [5.41, 5.74) is 1.06. The lowest BCUT2D eigenvalue weighted by Gasteiger charge is -2.35. The highest BCUT2D eigenvalue weighted by atomic mass is 16.2. The van der Waals surface area contributed by atoms with Gasteiger partial charge in [-0.2, -0.15) is 0 Å². The van der Waals surface area contributed by atoms with Crippen LogP contribution < -0.4 is 0 Å². The molecule has 0 radical (unpaired) electrons. The molecule has 2 aromatic rings. The Kier molecular flexibility index (Phi) is 6.36. The van der Waals surface area contributed by atoms with Gasteiger partial charge in [-0.05, 0) is 26.7 Å². The summed E-state index contributed by atoms with van der Waals surface area (Å²) in [7, 11) is 1.86. The minimum Gasteiger partial charge on any atom is -0.343 e. The fourth-order valence-electron chi connectivity index (χ4n) is 4.35. The van der Waals surface area contributed by atoms with E-state index in [0.29, 0.717) is 26.2 Å². The van der Waals surface area contributed by atoms with Gasteiger partial charge in [0.25, 0.3) is 0 Å². The molecule has 0 unspecified atom stereocenters. The molecule has 1 aromatic carbocycles. The Balaban J connectivity index is 1.30. The molecule has 0 aliphatic carbocycles. The summed E-state index contributed by atoms with van der Waals surface area (Å²) in [6, 6.07) is 10.3. The van der Waals surface area contributed by atoms with Crippen molar-refractivity contribution in [2.45, 2.75) is 45.8 Å². The zero-order chi connectivity index (χ0) is 22.0. The molecule has 1 aromatic heterocycles. The average Bonchev–Trinajstić information content (AvgIpc) is 3.22. The Morgan fingerprint density at radius 1 is 1.06 bits per heavy atom. The molecule has 0 atom stereocenters. The van der Waals surface area contributed by atoms with E-state index >= 15 is 0 Å². The standard InChI is InChI=1S/C23H32N6O2/c1-17(2)26(3)23(31)19-9-11-28(12-10-19)21(30)16-27-13-14-29-20(15-27)24-25-22(29)18-7-5-4-6-8-18/h4-8,17,19H,9-16H2,1-3H3. The van der Waals surface area contributed by atoms with Crippen molar-refractivity contribution in [2.24, 2.45) is 5.92 Å². The Morgan fingerprint density at radius 3 is 2.45 bits per heavy atom. The average molecular weight is 425 g/mol. The van der Waals surface area contributed by atoms with Crippen molar-refractivity contribution in [3.05, 3.63) is 36.2 Å². The number of carbonyl (C=O) groups excluding carboxylic acids is 2. The molecule has 0 N–H and O–H groups in total. The minimum absolute atomic E-state index is 0.0291. The van der Waals surface area contributed by atoms with Crippen molar-refractivity contribution in [1.29, 1.82) is 0 Å². The van der Waals surface area contributed by atoms with Gasteiger partial charge in [-0.1, -0.05) is 30.3 Å². The molecule has 8 heteroatoms. The van der Waals surface area contributed by atoms with Crippen LogP contribution in [0.5, 0.6) is 0 Å². The van der Waals surface area contributed by atoms with E-state index < -0.39 is 0 Å². The lowest BCUT2D eigenvalue weighted by atomic mass is 9.95. The van der Waals surface area contributed by atoms with Gasteiger partial charge in [0.1, 0.15) is 5.82 Å². The minimum atomic E-state index is 0.0291. The van der Waals surface area contributed by atoms with Gasteiger partial charge in [0, 0.05) is 50.7 Å². The normalized spacial score (nSPS) is 17.6. The van der Waals surface area contributed by atoms with E-state index in [9.17, 15) is 9.59 Å². The third-order valence-corrected chi connectivity index (χ3v) is 6.54. The predicted octanol–water partition coefficient (Wildman–Crippen LogP) is 1.87. The lowest BCUT2D eigenvalue weighted by molar-refractivity contribution is -0.141. The van der Waals surface area contributed by atoms with Crippen molar-refractivity contribution in [3.8, 4) is 11.4 Å². The van der Waals surface area contributed by atoms with Gasteiger partial charge in [0.15, 0.2) is 5.82 Å². The second-order valence-electron chi connectivity index (χ2n) is 8.87. The van der Waals surface area contributed by atoms with Gasteiger partial charge in [0.2, 0.25) is 11.8 Å². The Bertz CT molecular complexity index is 917. The van der Waals surface area contributed by atoms with Crippen molar-refractivity contribution in [1.82, 2.24) is 29.5 Å². The summed E-state index contributed by atoms with van der Waals surface area (Å²) in [6.07, 6.45) is 1.49. The number of aromatic nitrogens is 3. The highest BCUT2D eigenvalue weighted by Gasteiger charge is 2.31. The zero-order valence-corrected chi connectivity index (χ0v) is 18.7. The van der Waals surface area contributed by atoms with E-state index in [-0.39, 0.29) is 23.8 Å². The number of likely N-dealkylation sites (tertiary alicyclic amines) is 1. The van der Waals surface area contributed by atoms with E-state index in [0.717, 1.165) is 43.1 Å². The molecule has 0 bridgehead atoms. The topological polar surface area (TPSA) is 74.6 Å². The largest absolute Gasteiger partial charge is 0.343 e. The molecule has 1 saturated heterocycles. The monoisotopic (exact) mass is 424 g/mol. The van der Waals surface area contributed by atoms with Crippen molar-refractivity contribution >= 4 is 11.8 Å². The highest BCUT2D eigenvalue weighted by molar-refractivity contribution is 5.81. The summed E-state index contributed by atoms with van der Waals surface area (Å²) in [4.78, 5) is 31.3. The van der Waals surface area contributed by atoms with Crippen LogP contribution in [-0.2, 0) is 22.7 Å². The van der Waals surface area contributed by atoms with Crippen molar-refractivity contribution in [2.75, 3.05) is 33.2 Å². The summed E-state index contributed by atoms with van der Waals surface area (Å²) < 4.78 is 2.15. The van der Waals surface area contributed by atoms with Gasteiger partial charge in [-0.3, -0.25) is 14.5 Å². The Labute approximate surface area is 183 Å². The van der Waals surface area contributed by atoms with E-state index in [1.54, 1.807) is 0 Å². The second-order valence-corrected chi connectivity index (χ2v) is 8.87. The van der Waals surface area contributed by atoms with Gasteiger partial charge in [-0.15, -0.1) is 10.2 Å². The number of piperidine rings is 1. The number of benzene rings is 1. The maximum absolute atomic E-state index is 12.9. The fraction of sp³-hybridized carbons (Fsp3) is 0.565. The van der Waals surface area contributed by atoms with Gasteiger partial charge in [-0.25, -0.2) is 0 Å². The molecule has 2 amide bonds. The summed E-state index contributed by atoms with van der Waals surface area (Å²) in [5.74, 6) is 2.16. The lowest BCUT2D eigenvalue weighted by Crippen LogP contribution is -2.48. The quantitative estimate of drug-likeness (QED) is 0.733. The van der Waals surface area contributed by atoms with Crippen LogP contribution in [-0.4, -0.2) is 80.5 Å². The van der Waals surface area contributed by atoms with Gasteiger partial charge >= 0.3 is 0 Å². The van der Waals surface area contributed by atoms with E-state index in [1.807, 2.05) is 61.0 Å². The van der Waals surface area contributed by atoms with Gasteiger partial charge in [0.05, 0.1) is 13.1 Å². The third-order valence-electron chi connectivity index (χ3n) is 6.54. The first-order valence-electron chi connectivity index (χ1n) is 11.2.